The van der Waals surface area contributed by atoms with E-state index in [-0.39, 0.29) is 11.5 Å². The number of nitrogens with zero attached hydrogens (tertiary/aromatic N) is 1. The standard InChI is InChI=1S/C22H26N4O6/c1-6-32-18-11-15(24-13(2)27)7-8-16(18)22(28)26-25-17(12-23)14-9-19(29-3)21(31-5)20(10-14)30-4/h7-11,17,25H,6H2,1-5H3,(H,24,27)(H,26,28)/t17-/m1/s1. The maximum absolute atomic E-state index is 12.8. The van der Waals surface area contributed by atoms with Gasteiger partial charge in [-0.2, -0.15) is 5.26 Å². The van der Waals surface area contributed by atoms with Crippen LogP contribution in [0, 0.1) is 11.3 Å². The van der Waals surface area contributed by atoms with Crippen LogP contribution in [0.25, 0.3) is 0 Å². The van der Waals surface area contributed by atoms with Crippen LogP contribution in [0.2, 0.25) is 0 Å². The number of methoxy groups -OCH3 is 3. The van der Waals surface area contributed by atoms with Gasteiger partial charge in [0.2, 0.25) is 11.7 Å². The Bertz CT molecular complexity index is 993. The summed E-state index contributed by atoms with van der Waals surface area (Å²) in [5.74, 6) is 0.674. The molecule has 10 heteroatoms. The number of amides is 2. The Morgan fingerprint density at radius 2 is 1.69 bits per heavy atom. The number of carbonyl (C=O) groups is 2. The smallest absolute Gasteiger partial charge is 0.269 e. The second-order valence-corrected chi connectivity index (χ2v) is 6.44. The summed E-state index contributed by atoms with van der Waals surface area (Å²) in [6.45, 7) is 3.49. The van der Waals surface area contributed by atoms with E-state index in [0.29, 0.717) is 40.9 Å². The summed E-state index contributed by atoms with van der Waals surface area (Å²) < 4.78 is 21.5. The number of carbonyl (C=O) groups excluding carboxylic acids is 2. The number of benzene rings is 2. The van der Waals surface area contributed by atoms with Crippen LogP contribution in [0.4, 0.5) is 5.69 Å². The maximum Gasteiger partial charge on any atom is 0.269 e. The molecule has 32 heavy (non-hydrogen) atoms. The maximum atomic E-state index is 12.8. The lowest BCUT2D eigenvalue weighted by Gasteiger charge is -2.18. The quantitative estimate of drug-likeness (QED) is 0.479. The molecule has 2 rings (SSSR count). The van der Waals surface area contributed by atoms with Crippen LogP contribution in [-0.2, 0) is 4.79 Å². The van der Waals surface area contributed by atoms with Crippen molar-refractivity contribution in [3.8, 4) is 29.1 Å². The lowest BCUT2D eigenvalue weighted by atomic mass is 10.1. The second-order valence-electron chi connectivity index (χ2n) is 6.44. The Kier molecular flexibility index (Phi) is 8.68. The molecular weight excluding hydrogens is 416 g/mol. The van der Waals surface area contributed by atoms with Crippen molar-refractivity contribution in [1.29, 1.82) is 5.26 Å². The minimum atomic E-state index is -0.915. The van der Waals surface area contributed by atoms with Gasteiger partial charge in [-0.25, -0.2) is 5.43 Å². The first kappa shape index (κ1) is 24.3. The van der Waals surface area contributed by atoms with Gasteiger partial charge < -0.3 is 24.3 Å². The van der Waals surface area contributed by atoms with Crippen LogP contribution in [0.5, 0.6) is 23.0 Å². The Labute approximate surface area is 186 Å². The summed E-state index contributed by atoms with van der Waals surface area (Å²) in [5.41, 5.74) is 6.45. The van der Waals surface area contributed by atoms with E-state index in [4.69, 9.17) is 18.9 Å². The molecule has 0 heterocycles. The highest BCUT2D eigenvalue weighted by Gasteiger charge is 2.20. The molecule has 0 aliphatic heterocycles. The zero-order valence-corrected chi connectivity index (χ0v) is 18.6. The predicted octanol–water partition coefficient (Wildman–Crippen LogP) is 2.57. The topological polar surface area (TPSA) is 131 Å². The number of anilines is 1. The summed E-state index contributed by atoms with van der Waals surface area (Å²) >= 11 is 0. The van der Waals surface area contributed by atoms with Crippen LogP contribution in [0.3, 0.4) is 0 Å². The van der Waals surface area contributed by atoms with Crippen molar-refractivity contribution in [2.75, 3.05) is 33.3 Å². The van der Waals surface area contributed by atoms with Crippen molar-refractivity contribution in [3.05, 3.63) is 41.5 Å². The molecule has 0 bridgehead atoms. The van der Waals surface area contributed by atoms with Crippen LogP contribution in [-0.4, -0.2) is 39.8 Å². The van der Waals surface area contributed by atoms with Crippen molar-refractivity contribution in [2.24, 2.45) is 0 Å². The molecule has 0 spiro atoms. The molecule has 0 saturated carbocycles. The molecule has 0 saturated heterocycles. The van der Waals surface area contributed by atoms with Crippen LogP contribution >= 0.6 is 0 Å². The zero-order chi connectivity index (χ0) is 23.7. The molecule has 2 amide bonds. The molecule has 2 aromatic carbocycles. The Balaban J connectivity index is 2.24. The number of hydrazine groups is 1. The van der Waals surface area contributed by atoms with Crippen LogP contribution in [0.15, 0.2) is 30.3 Å². The minimum absolute atomic E-state index is 0.232. The minimum Gasteiger partial charge on any atom is -0.493 e. The SMILES string of the molecule is CCOc1cc(NC(C)=O)ccc1C(=O)NN[C@H](C#N)c1cc(OC)c(OC)c(OC)c1. The third-order valence-electron chi connectivity index (χ3n) is 4.33. The van der Waals surface area contributed by atoms with E-state index in [1.165, 1.54) is 34.3 Å². The molecular formula is C22H26N4O6. The second kappa shape index (κ2) is 11.4. The number of hydrogen-bond acceptors (Lipinski definition) is 8. The highest BCUT2D eigenvalue weighted by Crippen LogP contribution is 2.39. The summed E-state index contributed by atoms with van der Waals surface area (Å²) in [7, 11) is 4.42. The molecule has 0 fully saturated rings. The normalized spacial score (nSPS) is 11.0. The van der Waals surface area contributed by atoms with Gasteiger partial charge in [0.05, 0.1) is 39.6 Å². The fraction of sp³-hybridized carbons (Fsp3) is 0.318. The van der Waals surface area contributed by atoms with Gasteiger partial charge in [0, 0.05) is 18.7 Å². The summed E-state index contributed by atoms with van der Waals surface area (Å²) in [6, 6.07) is 9.05. The Morgan fingerprint density at radius 3 is 2.19 bits per heavy atom. The zero-order valence-electron chi connectivity index (χ0n) is 18.6. The van der Waals surface area contributed by atoms with Gasteiger partial charge in [0.15, 0.2) is 11.5 Å². The molecule has 2 aromatic rings. The van der Waals surface area contributed by atoms with Crippen LogP contribution < -0.4 is 35.1 Å². The Morgan fingerprint density at radius 1 is 1.03 bits per heavy atom. The van der Waals surface area contributed by atoms with Crippen LogP contribution in [0.1, 0.15) is 35.8 Å². The fourth-order valence-electron chi connectivity index (χ4n) is 2.93. The largest absolute Gasteiger partial charge is 0.493 e. The molecule has 0 unspecified atom stereocenters. The third-order valence-corrected chi connectivity index (χ3v) is 4.33. The number of ether oxygens (including phenoxy) is 4. The number of rotatable bonds is 10. The van der Waals surface area contributed by atoms with Gasteiger partial charge in [0.1, 0.15) is 11.8 Å². The van der Waals surface area contributed by atoms with Crippen molar-refractivity contribution < 1.29 is 28.5 Å². The first-order valence-corrected chi connectivity index (χ1v) is 9.68. The van der Waals surface area contributed by atoms with E-state index in [1.54, 1.807) is 31.2 Å². The molecule has 170 valence electrons. The van der Waals surface area contributed by atoms with Gasteiger partial charge >= 0.3 is 0 Å². The molecule has 1 atom stereocenters. The van der Waals surface area contributed by atoms with E-state index in [1.807, 2.05) is 0 Å². The van der Waals surface area contributed by atoms with E-state index >= 15 is 0 Å². The van der Waals surface area contributed by atoms with Crippen molar-refractivity contribution in [2.45, 2.75) is 19.9 Å². The summed E-state index contributed by atoms with van der Waals surface area (Å²) in [4.78, 5) is 24.0. The van der Waals surface area contributed by atoms with Crippen molar-refractivity contribution in [1.82, 2.24) is 10.9 Å². The van der Waals surface area contributed by atoms with Crippen molar-refractivity contribution in [3.63, 3.8) is 0 Å². The van der Waals surface area contributed by atoms with E-state index in [9.17, 15) is 14.9 Å². The lowest BCUT2D eigenvalue weighted by Crippen LogP contribution is -2.39. The Hall–Kier alpha value is -3.97. The molecule has 0 aliphatic rings. The van der Waals surface area contributed by atoms with Gasteiger partial charge in [-0.15, -0.1) is 0 Å². The monoisotopic (exact) mass is 442 g/mol. The number of hydrogen-bond donors (Lipinski definition) is 3. The molecule has 3 N–H and O–H groups in total. The van der Waals surface area contributed by atoms with Gasteiger partial charge in [-0.05, 0) is 36.8 Å². The van der Waals surface area contributed by atoms with Gasteiger partial charge in [0.25, 0.3) is 5.91 Å². The van der Waals surface area contributed by atoms with Gasteiger partial charge in [-0.3, -0.25) is 15.0 Å². The first-order chi connectivity index (χ1) is 15.4. The highest BCUT2D eigenvalue weighted by atomic mass is 16.5. The summed E-state index contributed by atoms with van der Waals surface area (Å²) in [6.07, 6.45) is 0. The molecule has 0 aliphatic carbocycles. The molecule has 0 radical (unpaired) electrons. The van der Waals surface area contributed by atoms with Gasteiger partial charge in [-0.1, -0.05) is 0 Å². The number of nitrogens with one attached hydrogen (secondary N) is 3. The van der Waals surface area contributed by atoms with E-state index < -0.39 is 11.9 Å². The average Bonchev–Trinajstić information content (AvgIpc) is 2.78. The first-order valence-electron chi connectivity index (χ1n) is 9.68. The average molecular weight is 442 g/mol. The number of nitriles is 1. The predicted molar refractivity (Wildman–Crippen MR) is 117 cm³/mol. The fourth-order valence-corrected chi connectivity index (χ4v) is 2.93. The van der Waals surface area contributed by atoms with E-state index in [2.05, 4.69) is 22.2 Å². The molecule has 0 aromatic heterocycles. The molecule has 10 nitrogen and oxygen atoms in total. The third kappa shape index (κ3) is 5.80. The van der Waals surface area contributed by atoms with E-state index in [0.717, 1.165) is 0 Å². The highest BCUT2D eigenvalue weighted by molar-refractivity contribution is 5.98. The lowest BCUT2D eigenvalue weighted by molar-refractivity contribution is -0.114. The van der Waals surface area contributed by atoms with Crippen molar-refractivity contribution >= 4 is 17.5 Å². The summed E-state index contributed by atoms with van der Waals surface area (Å²) in [5, 5.41) is 12.3.